The van der Waals surface area contributed by atoms with E-state index in [2.05, 4.69) is 12.2 Å². The number of aryl methyl sites for hydroxylation is 1. The summed E-state index contributed by atoms with van der Waals surface area (Å²) >= 11 is 0. The van der Waals surface area contributed by atoms with Crippen LogP contribution in [-0.2, 0) is 21.2 Å². The van der Waals surface area contributed by atoms with E-state index in [4.69, 9.17) is 4.74 Å². The molecule has 8 heteroatoms. The lowest BCUT2D eigenvalue weighted by molar-refractivity contribution is -0.121. The molecular weight excluding hydrogens is 402 g/mol. The SMILES string of the molecule is CCc1ccc(NC(=O)C(C)N2CCN(S(=O)(=O)c3ccc(OC)cc3)CC2)cc1. The predicted molar refractivity (Wildman–Crippen MR) is 117 cm³/mol. The molecule has 0 bridgehead atoms. The molecule has 1 heterocycles. The molecule has 1 aliphatic heterocycles. The smallest absolute Gasteiger partial charge is 0.243 e. The lowest BCUT2D eigenvalue weighted by Gasteiger charge is -2.36. The average molecular weight is 432 g/mol. The van der Waals surface area contributed by atoms with Crippen LogP contribution in [0.2, 0.25) is 0 Å². The van der Waals surface area contributed by atoms with Crippen LogP contribution in [0.3, 0.4) is 0 Å². The molecule has 0 aromatic heterocycles. The summed E-state index contributed by atoms with van der Waals surface area (Å²) in [6.07, 6.45) is 0.953. The fourth-order valence-corrected chi connectivity index (χ4v) is 4.89. The first-order valence-corrected chi connectivity index (χ1v) is 11.6. The summed E-state index contributed by atoms with van der Waals surface area (Å²) in [7, 11) is -2.02. The van der Waals surface area contributed by atoms with Gasteiger partial charge in [0.25, 0.3) is 0 Å². The van der Waals surface area contributed by atoms with Crippen molar-refractivity contribution in [3.8, 4) is 5.75 Å². The van der Waals surface area contributed by atoms with E-state index in [1.807, 2.05) is 36.1 Å². The minimum Gasteiger partial charge on any atom is -0.497 e. The monoisotopic (exact) mass is 431 g/mol. The van der Waals surface area contributed by atoms with Crippen molar-refractivity contribution in [1.82, 2.24) is 9.21 Å². The number of carbonyl (C=O) groups excluding carboxylic acids is 1. The van der Waals surface area contributed by atoms with Gasteiger partial charge in [-0.3, -0.25) is 9.69 Å². The molecule has 1 amide bonds. The first-order chi connectivity index (χ1) is 14.3. The van der Waals surface area contributed by atoms with Gasteiger partial charge in [0, 0.05) is 31.9 Å². The Kier molecular flexibility index (Phi) is 7.12. The van der Waals surface area contributed by atoms with Gasteiger partial charge < -0.3 is 10.1 Å². The molecule has 30 heavy (non-hydrogen) atoms. The summed E-state index contributed by atoms with van der Waals surface area (Å²) in [6, 6.07) is 13.9. The standard InChI is InChI=1S/C22H29N3O4S/c1-4-18-5-7-19(8-6-18)23-22(26)17(2)24-13-15-25(16-14-24)30(27,28)21-11-9-20(29-3)10-12-21/h5-12,17H,4,13-16H2,1-3H3,(H,23,26). The van der Waals surface area contributed by atoms with Crippen LogP contribution in [0.1, 0.15) is 19.4 Å². The zero-order valence-electron chi connectivity index (χ0n) is 17.7. The normalized spacial score (nSPS) is 16.8. The van der Waals surface area contributed by atoms with E-state index in [-0.39, 0.29) is 16.8 Å². The number of rotatable bonds is 7. The van der Waals surface area contributed by atoms with Gasteiger partial charge in [0.05, 0.1) is 18.0 Å². The average Bonchev–Trinajstić information content (AvgIpc) is 2.79. The fraction of sp³-hybridized carbons (Fsp3) is 0.409. The maximum atomic E-state index is 12.9. The van der Waals surface area contributed by atoms with Crippen LogP contribution in [0.5, 0.6) is 5.75 Å². The summed E-state index contributed by atoms with van der Waals surface area (Å²) in [6.45, 7) is 5.62. The third-order valence-corrected chi connectivity index (χ3v) is 7.44. The highest BCUT2D eigenvalue weighted by Gasteiger charge is 2.31. The number of carbonyl (C=O) groups is 1. The second kappa shape index (κ2) is 9.59. The van der Waals surface area contributed by atoms with Gasteiger partial charge in [-0.15, -0.1) is 0 Å². The van der Waals surface area contributed by atoms with Crippen molar-refractivity contribution in [3.63, 3.8) is 0 Å². The highest BCUT2D eigenvalue weighted by atomic mass is 32.2. The zero-order chi connectivity index (χ0) is 21.7. The highest BCUT2D eigenvalue weighted by Crippen LogP contribution is 2.21. The first kappa shape index (κ1) is 22.3. The Morgan fingerprint density at radius 3 is 2.17 bits per heavy atom. The highest BCUT2D eigenvalue weighted by molar-refractivity contribution is 7.89. The van der Waals surface area contributed by atoms with Crippen LogP contribution in [-0.4, -0.2) is 62.9 Å². The van der Waals surface area contributed by atoms with Crippen LogP contribution < -0.4 is 10.1 Å². The molecule has 1 atom stereocenters. The van der Waals surface area contributed by atoms with Crippen molar-refractivity contribution in [2.24, 2.45) is 0 Å². The van der Waals surface area contributed by atoms with Crippen molar-refractivity contribution in [2.45, 2.75) is 31.2 Å². The van der Waals surface area contributed by atoms with E-state index in [1.54, 1.807) is 31.4 Å². The molecule has 0 aliphatic carbocycles. The van der Waals surface area contributed by atoms with E-state index < -0.39 is 10.0 Å². The van der Waals surface area contributed by atoms with Gasteiger partial charge in [0.15, 0.2) is 0 Å². The molecule has 1 aliphatic rings. The van der Waals surface area contributed by atoms with Crippen LogP contribution >= 0.6 is 0 Å². The molecule has 0 spiro atoms. The Bertz CT molecular complexity index is 951. The molecule has 162 valence electrons. The largest absolute Gasteiger partial charge is 0.497 e. The zero-order valence-corrected chi connectivity index (χ0v) is 18.5. The van der Waals surface area contributed by atoms with Crippen molar-refractivity contribution in [3.05, 3.63) is 54.1 Å². The second-order valence-electron chi connectivity index (χ2n) is 7.33. The molecule has 2 aromatic carbocycles. The van der Waals surface area contributed by atoms with E-state index in [0.717, 1.165) is 12.1 Å². The maximum Gasteiger partial charge on any atom is 0.243 e. The Morgan fingerprint density at radius 1 is 1.03 bits per heavy atom. The number of nitrogens with zero attached hydrogens (tertiary/aromatic N) is 2. The summed E-state index contributed by atoms with van der Waals surface area (Å²) < 4.78 is 32.3. The number of sulfonamides is 1. The molecule has 1 saturated heterocycles. The summed E-state index contributed by atoms with van der Waals surface area (Å²) in [5.74, 6) is 0.522. The third-order valence-electron chi connectivity index (χ3n) is 5.53. The summed E-state index contributed by atoms with van der Waals surface area (Å²) in [4.78, 5) is 14.9. The molecule has 0 saturated carbocycles. The molecule has 7 nitrogen and oxygen atoms in total. The van der Waals surface area contributed by atoms with Crippen molar-refractivity contribution in [2.75, 3.05) is 38.6 Å². The summed E-state index contributed by atoms with van der Waals surface area (Å²) in [5, 5.41) is 2.94. The molecule has 2 aromatic rings. The molecule has 1 N–H and O–H groups in total. The number of benzene rings is 2. The van der Waals surface area contributed by atoms with E-state index >= 15 is 0 Å². The number of ether oxygens (including phenoxy) is 1. The number of piperazine rings is 1. The Hall–Kier alpha value is -2.42. The number of hydrogen-bond acceptors (Lipinski definition) is 5. The van der Waals surface area contributed by atoms with Gasteiger partial charge >= 0.3 is 0 Å². The van der Waals surface area contributed by atoms with Crippen LogP contribution in [0, 0.1) is 0 Å². The lowest BCUT2D eigenvalue weighted by atomic mass is 10.1. The number of nitrogens with one attached hydrogen (secondary N) is 1. The van der Waals surface area contributed by atoms with Crippen molar-refractivity contribution in [1.29, 1.82) is 0 Å². The quantitative estimate of drug-likeness (QED) is 0.729. The fourth-order valence-electron chi connectivity index (χ4n) is 3.46. The van der Waals surface area contributed by atoms with Crippen molar-refractivity contribution >= 4 is 21.6 Å². The molecular formula is C22H29N3O4S. The predicted octanol–water partition coefficient (Wildman–Crippen LogP) is 2.59. The van der Waals surface area contributed by atoms with Gasteiger partial charge in [0.1, 0.15) is 5.75 Å². The van der Waals surface area contributed by atoms with Crippen LogP contribution in [0.4, 0.5) is 5.69 Å². The number of amides is 1. The minimum atomic E-state index is -3.56. The topological polar surface area (TPSA) is 79.0 Å². The minimum absolute atomic E-state index is 0.0919. The van der Waals surface area contributed by atoms with Crippen molar-refractivity contribution < 1.29 is 17.9 Å². The summed E-state index contributed by atoms with van der Waals surface area (Å²) in [5.41, 5.74) is 1.99. The number of anilines is 1. The second-order valence-corrected chi connectivity index (χ2v) is 9.27. The maximum absolute atomic E-state index is 12.9. The molecule has 1 unspecified atom stereocenters. The first-order valence-electron chi connectivity index (χ1n) is 10.1. The van der Waals surface area contributed by atoms with Gasteiger partial charge in [0.2, 0.25) is 15.9 Å². The number of methoxy groups -OCH3 is 1. The Morgan fingerprint density at radius 2 is 1.63 bits per heavy atom. The Balaban J connectivity index is 1.57. The van der Waals surface area contributed by atoms with Gasteiger partial charge in [-0.1, -0.05) is 19.1 Å². The van der Waals surface area contributed by atoms with E-state index in [1.165, 1.54) is 9.87 Å². The van der Waals surface area contributed by atoms with E-state index in [0.29, 0.717) is 31.9 Å². The van der Waals surface area contributed by atoms with Gasteiger partial charge in [-0.05, 0) is 55.3 Å². The van der Waals surface area contributed by atoms with Crippen LogP contribution in [0.15, 0.2) is 53.4 Å². The van der Waals surface area contributed by atoms with Gasteiger partial charge in [-0.2, -0.15) is 4.31 Å². The molecule has 1 fully saturated rings. The third kappa shape index (κ3) is 5.00. The lowest BCUT2D eigenvalue weighted by Crippen LogP contribution is -2.53. The Labute approximate surface area is 178 Å². The van der Waals surface area contributed by atoms with E-state index in [9.17, 15) is 13.2 Å². The number of hydrogen-bond donors (Lipinski definition) is 1. The molecule has 3 rings (SSSR count). The van der Waals surface area contributed by atoms with Crippen LogP contribution in [0.25, 0.3) is 0 Å². The van der Waals surface area contributed by atoms with Gasteiger partial charge in [-0.25, -0.2) is 8.42 Å². The molecule has 0 radical (unpaired) electrons.